The summed E-state index contributed by atoms with van der Waals surface area (Å²) in [5.74, 6) is 0.614. The van der Waals surface area contributed by atoms with Gasteiger partial charge in [-0.25, -0.2) is 0 Å². The molecule has 0 saturated heterocycles. The number of methoxy groups -OCH3 is 1. The predicted molar refractivity (Wildman–Crippen MR) is 97.5 cm³/mol. The maximum atomic E-state index is 12.6. The van der Waals surface area contributed by atoms with Gasteiger partial charge >= 0.3 is 0 Å². The molecule has 0 bridgehead atoms. The van der Waals surface area contributed by atoms with Gasteiger partial charge in [0.25, 0.3) is 5.91 Å². The molecule has 0 unspecified atom stereocenters. The second-order valence-corrected chi connectivity index (χ2v) is 5.74. The van der Waals surface area contributed by atoms with E-state index >= 15 is 0 Å². The van der Waals surface area contributed by atoms with Crippen molar-refractivity contribution >= 4 is 23.2 Å². The van der Waals surface area contributed by atoms with E-state index in [2.05, 4.69) is 10.6 Å². The summed E-state index contributed by atoms with van der Waals surface area (Å²) >= 11 is 0. The highest BCUT2D eigenvalue weighted by Gasteiger charge is 2.14. The smallest absolute Gasteiger partial charge is 0.259 e. The molecule has 0 aromatic heterocycles. The summed E-state index contributed by atoms with van der Waals surface area (Å²) in [5.41, 5.74) is 1.49. The Kier molecular flexibility index (Phi) is 6.00. The summed E-state index contributed by atoms with van der Waals surface area (Å²) in [7, 11) is 1.49. The Morgan fingerprint density at radius 3 is 2.16 bits per heavy atom. The fourth-order valence-electron chi connectivity index (χ4n) is 2.25. The summed E-state index contributed by atoms with van der Waals surface area (Å²) in [4.78, 5) is 23.8. The third-order valence-electron chi connectivity index (χ3n) is 3.25. The fourth-order valence-corrected chi connectivity index (χ4v) is 2.25. The van der Waals surface area contributed by atoms with Crippen LogP contribution in [0.1, 0.15) is 31.1 Å². The maximum Gasteiger partial charge on any atom is 0.259 e. The molecule has 2 aromatic carbocycles. The number of nitrogens with one attached hydrogen (secondary N) is 2. The van der Waals surface area contributed by atoms with Crippen LogP contribution in [-0.2, 0) is 4.79 Å². The lowest BCUT2D eigenvalue weighted by atomic mass is 10.1. The van der Waals surface area contributed by atoms with Gasteiger partial charge in [-0.05, 0) is 56.3 Å². The van der Waals surface area contributed by atoms with Crippen molar-refractivity contribution in [1.82, 2.24) is 0 Å². The van der Waals surface area contributed by atoms with Crippen LogP contribution in [0.2, 0.25) is 0 Å². The van der Waals surface area contributed by atoms with E-state index in [-0.39, 0.29) is 17.9 Å². The molecule has 2 amide bonds. The molecule has 6 nitrogen and oxygen atoms in total. The van der Waals surface area contributed by atoms with Gasteiger partial charge in [-0.1, -0.05) is 0 Å². The van der Waals surface area contributed by atoms with Gasteiger partial charge in [0.2, 0.25) is 5.91 Å². The Bertz CT molecular complexity index is 755. The lowest BCUT2D eigenvalue weighted by Crippen LogP contribution is -2.14. The topological polar surface area (TPSA) is 76.7 Å². The molecule has 132 valence electrons. The molecule has 0 atom stereocenters. The van der Waals surface area contributed by atoms with Crippen molar-refractivity contribution in [2.45, 2.75) is 26.9 Å². The van der Waals surface area contributed by atoms with Crippen molar-refractivity contribution in [2.24, 2.45) is 0 Å². The molecule has 0 aliphatic carbocycles. The number of carbonyl (C=O) groups is 2. The molecule has 0 aliphatic heterocycles. The number of ether oxygens (including phenoxy) is 2. The minimum Gasteiger partial charge on any atom is -0.496 e. The van der Waals surface area contributed by atoms with E-state index in [9.17, 15) is 9.59 Å². The van der Waals surface area contributed by atoms with Crippen LogP contribution >= 0.6 is 0 Å². The van der Waals surface area contributed by atoms with Gasteiger partial charge in [0.1, 0.15) is 11.5 Å². The van der Waals surface area contributed by atoms with Gasteiger partial charge in [-0.3, -0.25) is 9.59 Å². The van der Waals surface area contributed by atoms with Crippen LogP contribution in [0.15, 0.2) is 42.5 Å². The first kappa shape index (κ1) is 18.3. The van der Waals surface area contributed by atoms with E-state index < -0.39 is 0 Å². The number of benzene rings is 2. The number of rotatable bonds is 6. The van der Waals surface area contributed by atoms with Crippen LogP contribution in [0.25, 0.3) is 0 Å². The van der Waals surface area contributed by atoms with E-state index in [0.29, 0.717) is 22.7 Å². The number of amides is 2. The van der Waals surface area contributed by atoms with E-state index in [1.807, 2.05) is 13.8 Å². The average molecular weight is 342 g/mol. The first-order chi connectivity index (χ1) is 11.9. The van der Waals surface area contributed by atoms with Crippen molar-refractivity contribution in [1.29, 1.82) is 0 Å². The molecule has 0 saturated carbocycles. The van der Waals surface area contributed by atoms with Crippen LogP contribution in [0.4, 0.5) is 11.4 Å². The van der Waals surface area contributed by atoms with Crippen LogP contribution in [-0.4, -0.2) is 25.0 Å². The average Bonchev–Trinajstić information content (AvgIpc) is 2.55. The largest absolute Gasteiger partial charge is 0.496 e. The summed E-state index contributed by atoms with van der Waals surface area (Å²) in [6, 6.07) is 12.0. The normalized spacial score (nSPS) is 10.3. The maximum absolute atomic E-state index is 12.6. The molecule has 0 spiro atoms. The summed E-state index contributed by atoms with van der Waals surface area (Å²) in [5, 5.41) is 5.46. The van der Waals surface area contributed by atoms with Crippen molar-refractivity contribution in [3.63, 3.8) is 0 Å². The standard InChI is InChI=1S/C19H22N2O4/c1-12(2)25-16-8-5-14(6-9-16)21-19(23)17-11-15(20-13(3)22)7-10-18(17)24-4/h5-12H,1-4H3,(H,20,22)(H,21,23). The van der Waals surface area contributed by atoms with Gasteiger partial charge in [0.05, 0.1) is 18.8 Å². The fraction of sp³-hybridized carbons (Fsp3) is 0.263. The van der Waals surface area contributed by atoms with E-state index in [0.717, 1.165) is 5.75 Å². The number of hydrogen-bond donors (Lipinski definition) is 2. The highest BCUT2D eigenvalue weighted by Crippen LogP contribution is 2.24. The second kappa shape index (κ2) is 8.19. The Hall–Kier alpha value is -3.02. The van der Waals surface area contributed by atoms with E-state index in [1.54, 1.807) is 42.5 Å². The van der Waals surface area contributed by atoms with Crippen LogP contribution < -0.4 is 20.1 Å². The summed E-state index contributed by atoms with van der Waals surface area (Å²) < 4.78 is 10.8. The van der Waals surface area contributed by atoms with Crippen LogP contribution in [0.5, 0.6) is 11.5 Å². The van der Waals surface area contributed by atoms with Gasteiger partial charge in [-0.15, -0.1) is 0 Å². The Balaban J connectivity index is 2.17. The number of carbonyl (C=O) groups excluding carboxylic acids is 2. The Morgan fingerprint density at radius 1 is 0.960 bits per heavy atom. The van der Waals surface area contributed by atoms with Gasteiger partial charge in [0.15, 0.2) is 0 Å². The molecule has 2 aromatic rings. The van der Waals surface area contributed by atoms with Gasteiger partial charge in [0, 0.05) is 18.3 Å². The van der Waals surface area contributed by atoms with Crippen molar-refractivity contribution in [3.8, 4) is 11.5 Å². The molecule has 0 fully saturated rings. The van der Waals surface area contributed by atoms with E-state index in [4.69, 9.17) is 9.47 Å². The molecule has 0 heterocycles. The quantitative estimate of drug-likeness (QED) is 0.839. The molecule has 6 heteroatoms. The number of anilines is 2. The lowest BCUT2D eigenvalue weighted by Gasteiger charge is -2.13. The second-order valence-electron chi connectivity index (χ2n) is 5.74. The van der Waals surface area contributed by atoms with Crippen LogP contribution in [0, 0.1) is 0 Å². The molecule has 0 aliphatic rings. The summed E-state index contributed by atoms with van der Waals surface area (Å²) in [6.07, 6.45) is 0.0845. The molecular weight excluding hydrogens is 320 g/mol. The van der Waals surface area contributed by atoms with Crippen LogP contribution in [0.3, 0.4) is 0 Å². The predicted octanol–water partition coefficient (Wildman–Crippen LogP) is 3.69. The van der Waals surface area contributed by atoms with Gasteiger partial charge < -0.3 is 20.1 Å². The zero-order chi connectivity index (χ0) is 18.4. The molecule has 2 rings (SSSR count). The molecular formula is C19H22N2O4. The zero-order valence-corrected chi connectivity index (χ0v) is 14.8. The monoisotopic (exact) mass is 342 g/mol. The van der Waals surface area contributed by atoms with Crippen molar-refractivity contribution in [2.75, 3.05) is 17.7 Å². The Morgan fingerprint density at radius 2 is 1.60 bits per heavy atom. The van der Waals surface area contributed by atoms with Crippen molar-refractivity contribution in [3.05, 3.63) is 48.0 Å². The highest BCUT2D eigenvalue weighted by atomic mass is 16.5. The third-order valence-corrected chi connectivity index (χ3v) is 3.25. The number of hydrogen-bond acceptors (Lipinski definition) is 4. The molecule has 2 N–H and O–H groups in total. The van der Waals surface area contributed by atoms with Gasteiger partial charge in [-0.2, -0.15) is 0 Å². The SMILES string of the molecule is COc1ccc(NC(C)=O)cc1C(=O)Nc1ccc(OC(C)C)cc1. The first-order valence-corrected chi connectivity index (χ1v) is 7.92. The first-order valence-electron chi connectivity index (χ1n) is 7.92. The minimum absolute atomic E-state index is 0.0845. The molecule has 25 heavy (non-hydrogen) atoms. The van der Waals surface area contributed by atoms with E-state index in [1.165, 1.54) is 14.0 Å². The minimum atomic E-state index is -0.332. The Labute approximate surface area is 147 Å². The summed E-state index contributed by atoms with van der Waals surface area (Å²) in [6.45, 7) is 5.30. The highest BCUT2D eigenvalue weighted by molar-refractivity contribution is 6.07. The zero-order valence-electron chi connectivity index (χ0n) is 14.8. The lowest BCUT2D eigenvalue weighted by molar-refractivity contribution is -0.114. The van der Waals surface area contributed by atoms with Crippen molar-refractivity contribution < 1.29 is 19.1 Å². The molecule has 0 radical (unpaired) electrons. The third kappa shape index (κ3) is 5.24.